The number of rotatable bonds is 4. The summed E-state index contributed by atoms with van der Waals surface area (Å²) in [5.41, 5.74) is 0.153. The Morgan fingerprint density at radius 1 is 1.33 bits per heavy atom. The Morgan fingerprint density at radius 3 is 2.67 bits per heavy atom. The number of hydrogen-bond acceptors (Lipinski definition) is 3. The molecule has 1 aliphatic rings. The highest BCUT2D eigenvalue weighted by molar-refractivity contribution is 5.91. The summed E-state index contributed by atoms with van der Waals surface area (Å²) in [5.74, 6) is 0.542. The van der Waals surface area contributed by atoms with Gasteiger partial charge >= 0.3 is 6.03 Å². The molecule has 0 unspecified atom stereocenters. The van der Waals surface area contributed by atoms with Crippen LogP contribution in [0.2, 0.25) is 0 Å². The van der Waals surface area contributed by atoms with Gasteiger partial charge in [0.25, 0.3) is 5.69 Å². The predicted octanol–water partition coefficient (Wildman–Crippen LogP) is 3.64. The number of amides is 2. The van der Waals surface area contributed by atoms with Crippen molar-refractivity contribution in [3.63, 3.8) is 0 Å². The van der Waals surface area contributed by atoms with E-state index in [1.165, 1.54) is 25.3 Å². The molecule has 1 aromatic rings. The van der Waals surface area contributed by atoms with Crippen molar-refractivity contribution in [2.24, 2.45) is 5.92 Å². The van der Waals surface area contributed by atoms with E-state index in [0.717, 1.165) is 12.8 Å². The standard InChI is InChI=1S/C15H21N3O3/c1-17(11-12-7-3-2-4-8-12)15(19)16-13-9-5-6-10-14(13)18(20)21/h5-6,9-10,12H,2-4,7-8,11H2,1H3,(H,16,19). The fourth-order valence-corrected chi connectivity index (χ4v) is 2.79. The molecule has 0 bridgehead atoms. The largest absolute Gasteiger partial charge is 0.327 e. The fraction of sp³-hybridized carbons (Fsp3) is 0.533. The molecule has 1 saturated carbocycles. The summed E-state index contributed by atoms with van der Waals surface area (Å²) in [7, 11) is 1.73. The van der Waals surface area contributed by atoms with Gasteiger partial charge in [-0.3, -0.25) is 10.1 Å². The van der Waals surface area contributed by atoms with Crippen LogP contribution in [0.15, 0.2) is 24.3 Å². The van der Waals surface area contributed by atoms with E-state index in [0.29, 0.717) is 12.5 Å². The Morgan fingerprint density at radius 2 is 2.00 bits per heavy atom. The monoisotopic (exact) mass is 291 g/mol. The van der Waals surface area contributed by atoms with Crippen molar-refractivity contribution >= 4 is 17.4 Å². The molecule has 0 aliphatic heterocycles. The second-order valence-electron chi connectivity index (χ2n) is 5.59. The molecule has 2 amide bonds. The van der Waals surface area contributed by atoms with Gasteiger partial charge in [-0.15, -0.1) is 0 Å². The third-order valence-electron chi connectivity index (χ3n) is 3.95. The SMILES string of the molecule is CN(CC1CCCCC1)C(=O)Nc1ccccc1[N+](=O)[O-]. The molecule has 0 atom stereocenters. The maximum atomic E-state index is 12.2. The zero-order valence-electron chi connectivity index (χ0n) is 12.2. The molecule has 1 aromatic carbocycles. The fourth-order valence-electron chi connectivity index (χ4n) is 2.79. The van der Waals surface area contributed by atoms with Gasteiger partial charge in [-0.2, -0.15) is 0 Å². The van der Waals surface area contributed by atoms with Crippen LogP contribution in [0.25, 0.3) is 0 Å². The summed E-state index contributed by atoms with van der Waals surface area (Å²) in [6.07, 6.45) is 6.05. The summed E-state index contributed by atoms with van der Waals surface area (Å²) in [4.78, 5) is 24.2. The molecule has 1 aliphatic carbocycles. The van der Waals surface area contributed by atoms with Gasteiger partial charge in [0.2, 0.25) is 0 Å². The lowest BCUT2D eigenvalue weighted by molar-refractivity contribution is -0.383. The summed E-state index contributed by atoms with van der Waals surface area (Å²) in [6.45, 7) is 0.701. The molecule has 0 aromatic heterocycles. The highest BCUT2D eigenvalue weighted by Gasteiger charge is 2.20. The number of para-hydroxylation sites is 2. The lowest BCUT2D eigenvalue weighted by Gasteiger charge is -2.27. The first-order valence-electron chi connectivity index (χ1n) is 7.33. The molecule has 6 heteroatoms. The van der Waals surface area contributed by atoms with E-state index in [1.54, 1.807) is 30.1 Å². The lowest BCUT2D eigenvalue weighted by atomic mass is 9.89. The normalized spacial score (nSPS) is 15.5. The number of hydrogen-bond donors (Lipinski definition) is 1. The molecule has 0 spiro atoms. The van der Waals surface area contributed by atoms with Crippen LogP contribution < -0.4 is 5.32 Å². The van der Waals surface area contributed by atoms with Gasteiger partial charge in [-0.25, -0.2) is 4.79 Å². The Hall–Kier alpha value is -2.11. The van der Waals surface area contributed by atoms with E-state index in [4.69, 9.17) is 0 Å². The van der Waals surface area contributed by atoms with E-state index in [-0.39, 0.29) is 17.4 Å². The summed E-state index contributed by atoms with van der Waals surface area (Å²) in [5, 5.41) is 13.6. The van der Waals surface area contributed by atoms with Gasteiger partial charge in [-0.1, -0.05) is 31.4 Å². The van der Waals surface area contributed by atoms with Crippen molar-refractivity contribution in [1.82, 2.24) is 4.90 Å². The number of carbonyl (C=O) groups excluding carboxylic acids is 1. The number of carbonyl (C=O) groups is 1. The molecule has 6 nitrogen and oxygen atoms in total. The minimum Gasteiger partial charge on any atom is -0.327 e. The van der Waals surface area contributed by atoms with E-state index < -0.39 is 4.92 Å². The first kappa shape index (κ1) is 15.3. The predicted molar refractivity (Wildman–Crippen MR) is 81.3 cm³/mol. The van der Waals surface area contributed by atoms with Crippen LogP contribution in [-0.4, -0.2) is 29.4 Å². The molecule has 114 valence electrons. The van der Waals surface area contributed by atoms with Crippen LogP contribution in [0.1, 0.15) is 32.1 Å². The molecular formula is C15H21N3O3. The van der Waals surface area contributed by atoms with E-state index >= 15 is 0 Å². The third kappa shape index (κ3) is 4.18. The lowest BCUT2D eigenvalue weighted by Crippen LogP contribution is -2.36. The van der Waals surface area contributed by atoms with Crippen LogP contribution in [0.3, 0.4) is 0 Å². The van der Waals surface area contributed by atoms with Crippen molar-refractivity contribution in [2.75, 3.05) is 18.9 Å². The topological polar surface area (TPSA) is 75.5 Å². The summed E-state index contributed by atoms with van der Waals surface area (Å²) >= 11 is 0. The Labute approximate surface area is 124 Å². The maximum absolute atomic E-state index is 12.2. The number of anilines is 1. The number of urea groups is 1. The smallest absolute Gasteiger partial charge is 0.321 e. The molecule has 1 N–H and O–H groups in total. The first-order chi connectivity index (χ1) is 10.1. The highest BCUT2D eigenvalue weighted by Crippen LogP contribution is 2.25. The van der Waals surface area contributed by atoms with Gasteiger partial charge in [0.1, 0.15) is 5.69 Å². The number of nitro benzene ring substituents is 1. The highest BCUT2D eigenvalue weighted by atomic mass is 16.6. The number of benzene rings is 1. The van der Waals surface area contributed by atoms with Crippen LogP contribution in [-0.2, 0) is 0 Å². The summed E-state index contributed by atoms with van der Waals surface area (Å²) in [6, 6.07) is 5.89. The second-order valence-corrected chi connectivity index (χ2v) is 5.59. The van der Waals surface area contributed by atoms with Crippen LogP contribution in [0.5, 0.6) is 0 Å². The van der Waals surface area contributed by atoms with Crippen LogP contribution in [0.4, 0.5) is 16.2 Å². The van der Waals surface area contributed by atoms with Crippen molar-refractivity contribution in [3.8, 4) is 0 Å². The molecule has 2 rings (SSSR count). The van der Waals surface area contributed by atoms with Gasteiger partial charge in [0.15, 0.2) is 0 Å². The molecule has 21 heavy (non-hydrogen) atoms. The van der Waals surface area contributed by atoms with Crippen LogP contribution in [0, 0.1) is 16.0 Å². The van der Waals surface area contributed by atoms with Gasteiger partial charge in [0, 0.05) is 19.7 Å². The second kappa shape index (κ2) is 7.06. The number of nitrogens with zero attached hydrogens (tertiary/aromatic N) is 2. The molecule has 0 saturated heterocycles. The van der Waals surface area contributed by atoms with Gasteiger partial charge < -0.3 is 10.2 Å². The zero-order valence-corrected chi connectivity index (χ0v) is 12.2. The van der Waals surface area contributed by atoms with E-state index in [1.807, 2.05) is 0 Å². The molecular weight excluding hydrogens is 270 g/mol. The summed E-state index contributed by atoms with van der Waals surface area (Å²) < 4.78 is 0. The first-order valence-corrected chi connectivity index (χ1v) is 7.33. The number of nitrogens with one attached hydrogen (secondary N) is 1. The maximum Gasteiger partial charge on any atom is 0.321 e. The van der Waals surface area contributed by atoms with Gasteiger partial charge in [-0.05, 0) is 24.8 Å². The average Bonchev–Trinajstić information content (AvgIpc) is 2.48. The zero-order chi connectivity index (χ0) is 15.2. The van der Waals surface area contributed by atoms with E-state index in [2.05, 4.69) is 5.32 Å². The molecule has 1 fully saturated rings. The minimum absolute atomic E-state index is 0.0862. The van der Waals surface area contributed by atoms with E-state index in [9.17, 15) is 14.9 Å². The quantitative estimate of drug-likeness (QED) is 0.679. The molecule has 0 heterocycles. The third-order valence-corrected chi connectivity index (χ3v) is 3.95. The minimum atomic E-state index is -0.489. The average molecular weight is 291 g/mol. The van der Waals surface area contributed by atoms with Crippen molar-refractivity contribution in [3.05, 3.63) is 34.4 Å². The van der Waals surface area contributed by atoms with Gasteiger partial charge in [0.05, 0.1) is 4.92 Å². The molecule has 0 radical (unpaired) electrons. The van der Waals surface area contributed by atoms with Crippen molar-refractivity contribution in [2.45, 2.75) is 32.1 Å². The number of nitro groups is 1. The van der Waals surface area contributed by atoms with Crippen molar-refractivity contribution < 1.29 is 9.72 Å². The Balaban J connectivity index is 1.95. The Bertz CT molecular complexity index is 513. The van der Waals surface area contributed by atoms with Crippen LogP contribution >= 0.6 is 0 Å². The van der Waals surface area contributed by atoms with Crippen molar-refractivity contribution in [1.29, 1.82) is 0 Å². The Kier molecular flexibility index (Phi) is 5.14.